The Balaban J connectivity index is 1.64. The number of ether oxygens (including phenoxy) is 2. The molecular weight excluding hydrogens is 504 g/mol. The molecule has 0 radical (unpaired) electrons. The summed E-state index contributed by atoms with van der Waals surface area (Å²) >= 11 is 12.4. The van der Waals surface area contributed by atoms with Crippen molar-refractivity contribution in [3.63, 3.8) is 0 Å². The van der Waals surface area contributed by atoms with Crippen molar-refractivity contribution in [1.29, 1.82) is 0 Å². The lowest BCUT2D eigenvalue weighted by molar-refractivity contribution is -0.834. The first-order valence-electron chi connectivity index (χ1n) is 11.8. The van der Waals surface area contributed by atoms with Gasteiger partial charge >= 0.3 is 5.91 Å². The van der Waals surface area contributed by atoms with Crippen molar-refractivity contribution in [2.45, 2.75) is 32.3 Å². The van der Waals surface area contributed by atoms with Crippen LogP contribution in [-0.4, -0.2) is 42.6 Å². The molecule has 0 bridgehead atoms. The van der Waals surface area contributed by atoms with E-state index in [0.717, 1.165) is 37.9 Å². The molecule has 9 heteroatoms. The first kappa shape index (κ1) is 26.2. The molecule has 0 spiro atoms. The van der Waals surface area contributed by atoms with Gasteiger partial charge in [-0.15, -0.1) is 0 Å². The van der Waals surface area contributed by atoms with Gasteiger partial charge < -0.3 is 15.2 Å². The Kier molecular flexibility index (Phi) is 7.73. The average Bonchev–Trinajstić information content (AvgIpc) is 2.87. The number of nitrogens with two attached hydrogens (primary N) is 1. The molecule has 4 rings (SSSR count). The number of benzene rings is 2. The Morgan fingerprint density at radius 2 is 1.78 bits per heavy atom. The number of amides is 1. The first-order valence-corrected chi connectivity index (χ1v) is 12.5. The van der Waals surface area contributed by atoms with Gasteiger partial charge in [0.05, 0.1) is 32.3 Å². The van der Waals surface area contributed by atoms with Crippen molar-refractivity contribution in [3.8, 4) is 22.6 Å². The molecule has 1 unspecified atom stereocenters. The van der Waals surface area contributed by atoms with Crippen LogP contribution in [-0.2, 0) is 0 Å². The van der Waals surface area contributed by atoms with Gasteiger partial charge in [0.25, 0.3) is 0 Å². The Morgan fingerprint density at radius 1 is 1.08 bits per heavy atom. The SMILES string of the molecule is COc1cc(-c2cnc(N)c(OC(C)c3c(Cl)ccc(F)c3Cl)c2)ccc1C(=O)[N+]1(C)CCCCC1. The van der Waals surface area contributed by atoms with Gasteiger partial charge in [0.1, 0.15) is 23.2 Å². The maximum atomic E-state index is 14.0. The molecule has 3 aromatic rings. The smallest absolute Gasteiger partial charge is 0.349 e. The van der Waals surface area contributed by atoms with Crippen LogP contribution in [0.5, 0.6) is 11.5 Å². The van der Waals surface area contributed by atoms with E-state index in [1.807, 2.05) is 19.2 Å². The lowest BCUT2D eigenvalue weighted by Gasteiger charge is -2.35. The highest BCUT2D eigenvalue weighted by atomic mass is 35.5. The summed E-state index contributed by atoms with van der Waals surface area (Å²) in [5.41, 5.74) is 8.42. The van der Waals surface area contributed by atoms with Crippen molar-refractivity contribution < 1.29 is 23.1 Å². The number of hydrogen-bond acceptors (Lipinski definition) is 5. The number of nitrogens with zero attached hydrogens (tertiary/aromatic N) is 2. The van der Waals surface area contributed by atoms with E-state index in [1.54, 1.807) is 32.4 Å². The summed E-state index contributed by atoms with van der Waals surface area (Å²) in [7, 11) is 3.54. The zero-order valence-electron chi connectivity index (χ0n) is 20.5. The summed E-state index contributed by atoms with van der Waals surface area (Å²) < 4.78 is 26.0. The lowest BCUT2D eigenvalue weighted by Crippen LogP contribution is -2.52. The van der Waals surface area contributed by atoms with Crippen molar-refractivity contribution in [2.24, 2.45) is 0 Å². The van der Waals surface area contributed by atoms with E-state index in [-0.39, 0.29) is 21.8 Å². The highest BCUT2D eigenvalue weighted by molar-refractivity contribution is 6.36. The number of aromatic nitrogens is 1. The molecule has 36 heavy (non-hydrogen) atoms. The van der Waals surface area contributed by atoms with Crippen LogP contribution in [0.4, 0.5) is 10.2 Å². The normalized spacial score (nSPS) is 15.8. The highest BCUT2D eigenvalue weighted by Gasteiger charge is 2.36. The van der Waals surface area contributed by atoms with Crippen LogP contribution in [0.15, 0.2) is 42.6 Å². The van der Waals surface area contributed by atoms with Crippen LogP contribution >= 0.6 is 23.2 Å². The summed E-state index contributed by atoms with van der Waals surface area (Å²) in [5.74, 6) is 0.412. The number of nitrogen functional groups attached to an aromatic ring is 1. The summed E-state index contributed by atoms with van der Waals surface area (Å²) in [6.45, 7) is 3.35. The molecular formula is C27H29Cl2FN3O3+. The fraction of sp³-hybridized carbons (Fsp3) is 0.333. The Labute approximate surface area is 220 Å². The molecule has 2 aromatic carbocycles. The molecule has 190 valence electrons. The monoisotopic (exact) mass is 532 g/mol. The largest absolute Gasteiger partial charge is 0.496 e. The van der Waals surface area contributed by atoms with E-state index in [2.05, 4.69) is 4.98 Å². The minimum atomic E-state index is -0.691. The third-order valence-electron chi connectivity index (χ3n) is 6.73. The average molecular weight is 533 g/mol. The van der Waals surface area contributed by atoms with Gasteiger partial charge in [0.2, 0.25) is 0 Å². The van der Waals surface area contributed by atoms with Gasteiger partial charge in [0, 0.05) is 22.3 Å². The fourth-order valence-electron chi connectivity index (χ4n) is 4.62. The third kappa shape index (κ3) is 5.14. The van der Waals surface area contributed by atoms with Gasteiger partial charge in [-0.2, -0.15) is 0 Å². The van der Waals surface area contributed by atoms with Crippen molar-refractivity contribution >= 4 is 34.9 Å². The molecule has 6 nitrogen and oxygen atoms in total. The van der Waals surface area contributed by atoms with E-state index in [1.165, 1.54) is 12.1 Å². The minimum absolute atomic E-state index is 0.0511. The van der Waals surface area contributed by atoms with E-state index >= 15 is 0 Å². The number of rotatable bonds is 6. The fourth-order valence-corrected chi connectivity index (χ4v) is 5.30. The standard InChI is InChI=1S/C27H28Cl2FN3O3/c1-16(24-20(28)9-10-21(30)25(24)29)36-23-14-18(15-32-26(23)31)17-7-8-19(22(13-17)35-3)27(34)33(2)11-5-4-6-12-33/h7-10,13-16H,4-6,11-12H2,1-3H3,(H-,31,32,34)/p+1. The van der Waals surface area contributed by atoms with Crippen LogP contribution in [0.2, 0.25) is 10.0 Å². The first-order chi connectivity index (χ1) is 17.1. The topological polar surface area (TPSA) is 74.4 Å². The van der Waals surface area contributed by atoms with Gasteiger partial charge in [-0.1, -0.05) is 29.3 Å². The second-order valence-electron chi connectivity index (χ2n) is 9.25. The van der Waals surface area contributed by atoms with Gasteiger partial charge in [-0.25, -0.2) is 14.2 Å². The number of anilines is 1. The van der Waals surface area contributed by atoms with E-state index in [0.29, 0.717) is 32.7 Å². The quantitative estimate of drug-likeness (QED) is 0.282. The van der Waals surface area contributed by atoms with Crippen LogP contribution in [0, 0.1) is 5.82 Å². The highest BCUT2D eigenvalue weighted by Crippen LogP contribution is 2.38. The molecule has 1 aliphatic heterocycles. The summed E-state index contributed by atoms with van der Waals surface area (Å²) in [6, 6.07) is 9.82. The molecule has 1 saturated heterocycles. The molecule has 2 N–H and O–H groups in total. The number of carbonyl (C=O) groups is 1. The zero-order chi connectivity index (χ0) is 26.0. The van der Waals surface area contributed by atoms with Crippen LogP contribution in [0.3, 0.4) is 0 Å². The number of hydrogen-bond donors (Lipinski definition) is 1. The molecule has 1 aliphatic rings. The van der Waals surface area contributed by atoms with E-state index in [9.17, 15) is 9.18 Å². The maximum Gasteiger partial charge on any atom is 0.349 e. The summed E-state index contributed by atoms with van der Waals surface area (Å²) in [6.07, 6.45) is 4.15. The van der Waals surface area contributed by atoms with E-state index in [4.69, 9.17) is 38.4 Å². The van der Waals surface area contributed by atoms with Crippen LogP contribution < -0.4 is 15.2 Å². The predicted molar refractivity (Wildman–Crippen MR) is 140 cm³/mol. The number of likely N-dealkylation sites (tertiary alicyclic amines) is 1. The maximum absolute atomic E-state index is 14.0. The number of pyridine rings is 1. The molecule has 1 amide bonds. The van der Waals surface area contributed by atoms with Crippen LogP contribution in [0.1, 0.15) is 48.2 Å². The van der Waals surface area contributed by atoms with Gasteiger partial charge in [-0.05, 0) is 62.1 Å². The van der Waals surface area contributed by atoms with Crippen molar-refractivity contribution in [3.05, 3.63) is 69.6 Å². The predicted octanol–water partition coefficient (Wildman–Crippen LogP) is 6.70. The molecule has 1 aromatic heterocycles. The Hall–Kier alpha value is -2.87. The molecule has 0 saturated carbocycles. The second kappa shape index (κ2) is 10.6. The molecule has 1 atom stereocenters. The number of carbonyl (C=O) groups excluding carboxylic acids is 1. The van der Waals surface area contributed by atoms with Crippen molar-refractivity contribution in [2.75, 3.05) is 33.0 Å². The Morgan fingerprint density at radius 3 is 2.47 bits per heavy atom. The van der Waals surface area contributed by atoms with Gasteiger partial charge in [0.15, 0.2) is 11.6 Å². The Bertz CT molecular complexity index is 1300. The third-order valence-corrected chi connectivity index (χ3v) is 7.44. The number of methoxy groups -OCH3 is 1. The van der Waals surface area contributed by atoms with Crippen molar-refractivity contribution in [1.82, 2.24) is 4.98 Å². The minimum Gasteiger partial charge on any atom is -0.496 e. The van der Waals surface area contributed by atoms with E-state index < -0.39 is 11.9 Å². The van der Waals surface area contributed by atoms with Crippen LogP contribution in [0.25, 0.3) is 11.1 Å². The van der Waals surface area contributed by atoms with Gasteiger partial charge in [-0.3, -0.25) is 4.48 Å². The second-order valence-corrected chi connectivity index (χ2v) is 10.0. The number of halogens is 3. The summed E-state index contributed by atoms with van der Waals surface area (Å²) in [5, 5.41) is 0.180. The molecule has 0 aliphatic carbocycles. The molecule has 2 heterocycles. The summed E-state index contributed by atoms with van der Waals surface area (Å²) in [4.78, 5) is 17.6. The zero-order valence-corrected chi connectivity index (χ0v) is 22.0. The number of piperidine rings is 1. The lowest BCUT2D eigenvalue weighted by atomic mass is 10.0. The molecule has 1 fully saturated rings. The number of quaternary nitrogens is 1.